The van der Waals surface area contributed by atoms with E-state index in [0.717, 1.165) is 0 Å². The number of rotatable bonds is 5. The first kappa shape index (κ1) is 14.4. The van der Waals surface area contributed by atoms with Crippen molar-refractivity contribution in [3.63, 3.8) is 0 Å². The topological polar surface area (TPSA) is 64.0 Å². The van der Waals surface area contributed by atoms with E-state index in [0.29, 0.717) is 34.6 Å². The number of fused-ring (bicyclic) bond motifs is 1. The summed E-state index contributed by atoms with van der Waals surface area (Å²) in [5.41, 5.74) is 0.540. The quantitative estimate of drug-likeness (QED) is 0.918. The number of para-hydroxylation sites is 1. The van der Waals surface area contributed by atoms with Crippen LogP contribution in [-0.2, 0) is 11.3 Å². The van der Waals surface area contributed by atoms with Crippen molar-refractivity contribution in [1.29, 1.82) is 0 Å². The largest absolute Gasteiger partial charge is 0.351 e. The Morgan fingerprint density at radius 2 is 1.91 bits per heavy atom. The first-order valence-corrected chi connectivity index (χ1v) is 8.39. The van der Waals surface area contributed by atoms with Crippen molar-refractivity contribution in [3.8, 4) is 0 Å². The van der Waals surface area contributed by atoms with E-state index in [4.69, 9.17) is 0 Å². The fourth-order valence-corrected chi connectivity index (χ4v) is 3.37. The van der Waals surface area contributed by atoms with E-state index in [1.807, 2.05) is 18.2 Å². The van der Waals surface area contributed by atoms with Crippen LogP contribution in [0.1, 0.15) is 31.5 Å². The minimum absolute atomic E-state index is 0.0540. The minimum Gasteiger partial charge on any atom is -0.351 e. The molecule has 0 spiro atoms. The van der Waals surface area contributed by atoms with Crippen molar-refractivity contribution in [2.75, 3.05) is 0 Å². The molecule has 1 aromatic heterocycles. The molecule has 0 atom stereocenters. The molecule has 1 aromatic carbocycles. The lowest BCUT2D eigenvalue weighted by atomic mass is 10.1. The Balaban J connectivity index is 1.57. The van der Waals surface area contributed by atoms with E-state index < -0.39 is 0 Å². The Morgan fingerprint density at radius 3 is 2.57 bits per heavy atom. The van der Waals surface area contributed by atoms with E-state index >= 15 is 0 Å². The highest BCUT2D eigenvalue weighted by atomic mass is 16.2. The molecule has 4 rings (SSSR count). The monoisotopic (exact) mass is 311 g/mol. The number of hydrogen-bond acceptors (Lipinski definition) is 3. The molecule has 2 aromatic rings. The highest BCUT2D eigenvalue weighted by molar-refractivity contribution is 5.79. The number of amides is 1. The molecule has 2 fully saturated rings. The molecule has 2 saturated carbocycles. The number of nitrogens with zero attached hydrogens (tertiary/aromatic N) is 2. The van der Waals surface area contributed by atoms with Gasteiger partial charge in [0.2, 0.25) is 5.91 Å². The molecule has 120 valence electrons. The highest BCUT2D eigenvalue weighted by Crippen LogP contribution is 2.44. The average molecular weight is 311 g/mol. The van der Waals surface area contributed by atoms with Gasteiger partial charge in [-0.1, -0.05) is 12.1 Å². The smallest absolute Gasteiger partial charge is 0.261 e. The summed E-state index contributed by atoms with van der Waals surface area (Å²) in [5, 5.41) is 3.73. The fourth-order valence-electron chi connectivity index (χ4n) is 3.37. The van der Waals surface area contributed by atoms with E-state index in [-0.39, 0.29) is 18.0 Å². The molecule has 2 aliphatic carbocycles. The van der Waals surface area contributed by atoms with Gasteiger partial charge in [-0.25, -0.2) is 4.98 Å². The number of carbonyl (C=O) groups is 1. The van der Waals surface area contributed by atoms with Gasteiger partial charge in [0.1, 0.15) is 12.4 Å². The predicted molar refractivity (Wildman–Crippen MR) is 88.1 cm³/mol. The molecule has 1 N–H and O–H groups in total. The summed E-state index contributed by atoms with van der Waals surface area (Å²) in [6.07, 6.45) is 4.88. The van der Waals surface area contributed by atoms with Gasteiger partial charge >= 0.3 is 0 Å². The summed E-state index contributed by atoms with van der Waals surface area (Å²) in [4.78, 5) is 29.5. The third-order valence-corrected chi connectivity index (χ3v) is 4.94. The summed E-state index contributed by atoms with van der Waals surface area (Å²) in [6.45, 7) is 1.83. The van der Waals surface area contributed by atoms with Crippen molar-refractivity contribution in [3.05, 3.63) is 40.4 Å². The molecule has 5 nitrogen and oxygen atoms in total. The van der Waals surface area contributed by atoms with Gasteiger partial charge in [-0.05, 0) is 56.6 Å². The Hall–Kier alpha value is -2.17. The molecule has 0 aliphatic heterocycles. The summed E-state index contributed by atoms with van der Waals surface area (Å²) in [6, 6.07) is 7.58. The number of aromatic nitrogens is 2. The zero-order valence-corrected chi connectivity index (χ0v) is 13.3. The van der Waals surface area contributed by atoms with Gasteiger partial charge in [-0.2, -0.15) is 0 Å². The van der Waals surface area contributed by atoms with Gasteiger partial charge in [0.15, 0.2) is 0 Å². The van der Waals surface area contributed by atoms with E-state index in [2.05, 4.69) is 10.3 Å². The Bertz CT molecular complexity index is 807. The Kier molecular flexibility index (Phi) is 3.43. The molecule has 0 saturated heterocycles. The number of nitrogens with one attached hydrogen (secondary N) is 1. The van der Waals surface area contributed by atoms with Crippen LogP contribution in [0.4, 0.5) is 0 Å². The maximum atomic E-state index is 12.6. The van der Waals surface area contributed by atoms with Crippen molar-refractivity contribution in [1.82, 2.24) is 14.9 Å². The van der Waals surface area contributed by atoms with Crippen LogP contribution in [0.15, 0.2) is 29.1 Å². The molecular formula is C18H21N3O2. The maximum absolute atomic E-state index is 12.6. The molecular weight excluding hydrogens is 290 g/mol. The molecule has 0 unspecified atom stereocenters. The number of aryl methyl sites for hydroxylation is 1. The second kappa shape index (κ2) is 5.48. The van der Waals surface area contributed by atoms with Gasteiger partial charge in [0.05, 0.1) is 10.9 Å². The Morgan fingerprint density at radius 1 is 1.26 bits per heavy atom. The summed E-state index contributed by atoms with van der Waals surface area (Å²) >= 11 is 0. The van der Waals surface area contributed by atoms with Crippen LogP contribution in [0.25, 0.3) is 10.9 Å². The van der Waals surface area contributed by atoms with Crippen molar-refractivity contribution in [2.24, 2.45) is 11.8 Å². The first-order chi connectivity index (χ1) is 11.1. The lowest BCUT2D eigenvalue weighted by molar-refractivity contribution is -0.122. The van der Waals surface area contributed by atoms with Crippen LogP contribution < -0.4 is 10.9 Å². The zero-order valence-electron chi connectivity index (χ0n) is 13.3. The van der Waals surface area contributed by atoms with Crippen molar-refractivity contribution < 1.29 is 4.79 Å². The third kappa shape index (κ3) is 2.87. The van der Waals surface area contributed by atoms with Crippen LogP contribution in [0, 0.1) is 18.8 Å². The third-order valence-electron chi connectivity index (χ3n) is 4.94. The molecule has 0 bridgehead atoms. The average Bonchev–Trinajstić information content (AvgIpc) is 3.42. The first-order valence-electron chi connectivity index (χ1n) is 8.39. The molecule has 2 aliphatic rings. The zero-order chi connectivity index (χ0) is 16.0. The van der Waals surface area contributed by atoms with E-state index in [1.54, 1.807) is 13.0 Å². The molecule has 23 heavy (non-hydrogen) atoms. The van der Waals surface area contributed by atoms with Gasteiger partial charge in [-0.3, -0.25) is 14.2 Å². The maximum Gasteiger partial charge on any atom is 0.261 e. The molecule has 5 heteroatoms. The number of benzene rings is 1. The lowest BCUT2D eigenvalue weighted by Gasteiger charge is -2.18. The summed E-state index contributed by atoms with van der Waals surface area (Å²) < 4.78 is 1.48. The summed E-state index contributed by atoms with van der Waals surface area (Å²) in [5.74, 6) is 1.81. The summed E-state index contributed by atoms with van der Waals surface area (Å²) in [7, 11) is 0. The van der Waals surface area contributed by atoms with Crippen LogP contribution >= 0.6 is 0 Å². The SMILES string of the molecule is Cc1nc2ccccc2c(=O)n1CC(=O)NC(C1CC1)C1CC1. The second-order valence-electron chi connectivity index (χ2n) is 6.84. The molecule has 0 radical (unpaired) electrons. The van der Waals surface area contributed by atoms with Gasteiger partial charge in [-0.15, -0.1) is 0 Å². The Labute approximate surface area is 134 Å². The van der Waals surface area contributed by atoms with Crippen molar-refractivity contribution >= 4 is 16.8 Å². The normalized spacial score (nSPS) is 17.7. The van der Waals surface area contributed by atoms with E-state index in [1.165, 1.54) is 30.3 Å². The van der Waals surface area contributed by atoms with E-state index in [9.17, 15) is 9.59 Å². The van der Waals surface area contributed by atoms with Crippen LogP contribution in [-0.4, -0.2) is 21.5 Å². The predicted octanol–water partition coefficient (Wildman–Crippen LogP) is 2.01. The molecule has 1 heterocycles. The van der Waals surface area contributed by atoms with Gasteiger partial charge < -0.3 is 5.32 Å². The second-order valence-corrected chi connectivity index (χ2v) is 6.84. The van der Waals surface area contributed by atoms with Crippen LogP contribution in [0.3, 0.4) is 0 Å². The van der Waals surface area contributed by atoms with Crippen LogP contribution in [0.2, 0.25) is 0 Å². The van der Waals surface area contributed by atoms with Gasteiger partial charge in [0.25, 0.3) is 5.56 Å². The van der Waals surface area contributed by atoms with Crippen LogP contribution in [0.5, 0.6) is 0 Å². The number of hydrogen-bond donors (Lipinski definition) is 1. The van der Waals surface area contributed by atoms with Gasteiger partial charge in [0, 0.05) is 6.04 Å². The standard InChI is InChI=1S/C18H21N3O2/c1-11-19-15-5-3-2-4-14(15)18(23)21(11)10-16(22)20-17(12-6-7-12)13-8-9-13/h2-5,12-13,17H,6-10H2,1H3,(H,20,22). The fraction of sp³-hybridized carbons (Fsp3) is 0.500. The highest BCUT2D eigenvalue weighted by Gasteiger charge is 2.42. The molecule has 1 amide bonds. The minimum atomic E-state index is -0.141. The number of carbonyl (C=O) groups excluding carboxylic acids is 1. The van der Waals surface area contributed by atoms with Crippen molar-refractivity contribution in [2.45, 2.75) is 45.2 Å². The lowest BCUT2D eigenvalue weighted by Crippen LogP contribution is -2.41.